The molecule has 1 aromatic heterocycles. The minimum Gasteiger partial charge on any atom is -0.356 e. The van der Waals surface area contributed by atoms with E-state index >= 15 is 0 Å². The topological polar surface area (TPSA) is 85.5 Å². The van der Waals surface area contributed by atoms with Crippen molar-refractivity contribution in [1.82, 2.24) is 15.2 Å². The van der Waals surface area contributed by atoms with Gasteiger partial charge in [0.05, 0.1) is 5.69 Å². The highest BCUT2D eigenvalue weighted by atomic mass is 16.2. The lowest BCUT2D eigenvalue weighted by atomic mass is 9.88. The van der Waals surface area contributed by atoms with E-state index in [1.165, 1.54) is 4.90 Å². The lowest BCUT2D eigenvalue weighted by Crippen LogP contribution is -2.44. The highest BCUT2D eigenvalue weighted by molar-refractivity contribution is 6.22. The lowest BCUT2D eigenvalue weighted by molar-refractivity contribution is -0.120. The molecule has 0 saturated carbocycles. The Morgan fingerprint density at radius 2 is 1.74 bits per heavy atom. The average Bonchev–Trinajstić information content (AvgIpc) is 3.42. The number of imide groups is 1. The summed E-state index contributed by atoms with van der Waals surface area (Å²) < 4.78 is 0. The summed E-state index contributed by atoms with van der Waals surface area (Å²) in [5.74, 6) is -0.408. The maximum atomic E-state index is 14.0. The molecule has 4 amide bonds. The van der Waals surface area contributed by atoms with Crippen LogP contribution in [0, 0.1) is 6.92 Å². The number of carbonyl (C=O) groups is 3. The number of hydrogen-bond acceptors (Lipinski definition) is 3. The first kappa shape index (κ1) is 24.0. The molecule has 0 aliphatic carbocycles. The van der Waals surface area contributed by atoms with Crippen LogP contribution in [0.2, 0.25) is 0 Å². The number of anilines is 1. The van der Waals surface area contributed by atoms with Gasteiger partial charge in [0.25, 0.3) is 11.8 Å². The summed E-state index contributed by atoms with van der Waals surface area (Å²) in [6.07, 6.45) is 2.36. The number of rotatable bonds is 6. The molecule has 0 spiro atoms. The van der Waals surface area contributed by atoms with Crippen LogP contribution in [0.15, 0.2) is 72.8 Å². The fourth-order valence-corrected chi connectivity index (χ4v) is 5.65. The van der Waals surface area contributed by atoms with Gasteiger partial charge in [-0.25, -0.2) is 9.69 Å². The number of hydrogen-bond donors (Lipinski definition) is 2. The van der Waals surface area contributed by atoms with Crippen molar-refractivity contribution in [2.45, 2.75) is 45.2 Å². The predicted molar refractivity (Wildman–Crippen MR) is 147 cm³/mol. The first-order valence-corrected chi connectivity index (χ1v) is 13.2. The van der Waals surface area contributed by atoms with E-state index in [-0.39, 0.29) is 17.8 Å². The van der Waals surface area contributed by atoms with Crippen molar-refractivity contribution in [2.75, 3.05) is 11.4 Å². The summed E-state index contributed by atoms with van der Waals surface area (Å²) in [6, 6.07) is 21.5. The normalized spacial score (nSPS) is 18.6. The summed E-state index contributed by atoms with van der Waals surface area (Å²) in [5.41, 5.74) is 6.08. The van der Waals surface area contributed by atoms with Crippen LogP contribution in [0.1, 0.15) is 58.5 Å². The second-order valence-corrected chi connectivity index (χ2v) is 10.1. The number of aryl methyl sites for hydroxylation is 1. The van der Waals surface area contributed by atoms with Crippen LogP contribution in [0.5, 0.6) is 0 Å². The zero-order valence-corrected chi connectivity index (χ0v) is 21.5. The van der Waals surface area contributed by atoms with Crippen LogP contribution in [0.4, 0.5) is 10.5 Å². The Bertz CT molecular complexity index is 1540. The summed E-state index contributed by atoms with van der Waals surface area (Å²) in [7, 11) is 0. The standard InChI is InChI=1S/C31H30N4O3/c1-3-4-17-32-29(36)21-13-15-22(16-14-21)34-30(37)26-18-24-23-7-5-6-8-25(23)33-27(24)28(35(26)31(34)38)20-11-9-19(2)10-12-20/h5-16,26,28,33H,3-4,17-18H2,1-2H3,(H,32,36)/t26-,28?/m0/s1. The van der Waals surface area contributed by atoms with E-state index in [1.54, 1.807) is 29.2 Å². The molecule has 2 aliphatic heterocycles. The van der Waals surface area contributed by atoms with Crippen LogP contribution in [-0.4, -0.2) is 40.3 Å². The van der Waals surface area contributed by atoms with Crippen LogP contribution in [-0.2, 0) is 11.2 Å². The molecular weight excluding hydrogens is 476 g/mol. The third-order valence-electron chi connectivity index (χ3n) is 7.65. The fourth-order valence-electron chi connectivity index (χ4n) is 5.65. The summed E-state index contributed by atoms with van der Waals surface area (Å²) in [5, 5.41) is 3.98. The number of fused-ring (bicyclic) bond motifs is 4. The Hall–Kier alpha value is -4.39. The molecule has 1 unspecified atom stereocenters. The Balaban J connectivity index is 1.37. The van der Waals surface area contributed by atoms with Gasteiger partial charge in [0, 0.05) is 35.1 Å². The van der Waals surface area contributed by atoms with Gasteiger partial charge >= 0.3 is 6.03 Å². The average molecular weight is 507 g/mol. The predicted octanol–water partition coefficient (Wildman–Crippen LogP) is 5.49. The Kier molecular flexibility index (Phi) is 5.98. The van der Waals surface area contributed by atoms with E-state index in [9.17, 15) is 14.4 Å². The van der Waals surface area contributed by atoms with Gasteiger partial charge in [-0.3, -0.25) is 14.5 Å². The van der Waals surface area contributed by atoms with Crippen LogP contribution < -0.4 is 10.2 Å². The van der Waals surface area contributed by atoms with E-state index < -0.39 is 12.1 Å². The number of para-hydroxylation sites is 1. The van der Waals surface area contributed by atoms with Crippen molar-refractivity contribution in [1.29, 1.82) is 0 Å². The van der Waals surface area contributed by atoms with Gasteiger partial charge in [-0.1, -0.05) is 61.4 Å². The Morgan fingerprint density at radius 1 is 1.00 bits per heavy atom. The van der Waals surface area contributed by atoms with Crippen molar-refractivity contribution in [2.24, 2.45) is 0 Å². The first-order valence-electron chi connectivity index (χ1n) is 13.2. The number of aromatic amines is 1. The number of urea groups is 1. The van der Waals surface area contributed by atoms with Gasteiger partial charge in [0.2, 0.25) is 0 Å². The van der Waals surface area contributed by atoms with E-state index in [0.717, 1.165) is 46.1 Å². The van der Waals surface area contributed by atoms with Crippen LogP contribution in [0.25, 0.3) is 10.9 Å². The lowest BCUT2D eigenvalue weighted by Gasteiger charge is -2.36. The largest absolute Gasteiger partial charge is 0.356 e. The molecular formula is C31H30N4O3. The number of unbranched alkanes of at least 4 members (excludes halogenated alkanes) is 1. The smallest absolute Gasteiger partial charge is 0.332 e. The summed E-state index contributed by atoms with van der Waals surface area (Å²) in [4.78, 5) is 46.8. The highest BCUT2D eigenvalue weighted by Crippen LogP contribution is 2.44. The molecule has 0 radical (unpaired) electrons. The molecule has 3 aromatic carbocycles. The molecule has 6 rings (SSSR count). The zero-order valence-electron chi connectivity index (χ0n) is 21.5. The minimum atomic E-state index is -0.613. The van der Waals surface area contributed by atoms with Gasteiger partial charge in [-0.2, -0.15) is 0 Å². The van der Waals surface area contributed by atoms with Gasteiger partial charge in [0.15, 0.2) is 0 Å². The van der Waals surface area contributed by atoms with E-state index in [1.807, 2.05) is 49.4 Å². The number of amides is 4. The third kappa shape index (κ3) is 3.86. The number of carbonyl (C=O) groups excluding carboxylic acids is 3. The Morgan fingerprint density at radius 3 is 2.47 bits per heavy atom. The number of benzene rings is 3. The molecule has 1 fully saturated rings. The SMILES string of the molecule is CCCCNC(=O)c1ccc(N2C(=O)[C@@H]3Cc4c([nH]c5ccccc45)C(c4ccc(C)cc4)N3C2=O)cc1. The first-order chi connectivity index (χ1) is 18.5. The molecule has 192 valence electrons. The van der Waals surface area contributed by atoms with Crippen molar-refractivity contribution in [3.05, 3.63) is 101 Å². The van der Waals surface area contributed by atoms with Crippen molar-refractivity contribution in [3.8, 4) is 0 Å². The molecule has 2 N–H and O–H groups in total. The summed E-state index contributed by atoms with van der Waals surface area (Å²) >= 11 is 0. The molecule has 7 nitrogen and oxygen atoms in total. The zero-order chi connectivity index (χ0) is 26.4. The van der Waals surface area contributed by atoms with Gasteiger partial charge < -0.3 is 10.3 Å². The quantitative estimate of drug-likeness (QED) is 0.268. The Labute approximate surface area is 221 Å². The monoisotopic (exact) mass is 506 g/mol. The third-order valence-corrected chi connectivity index (χ3v) is 7.65. The fraction of sp³-hybridized carbons (Fsp3) is 0.258. The molecule has 7 heteroatoms. The molecule has 2 aliphatic rings. The van der Waals surface area contributed by atoms with E-state index in [4.69, 9.17) is 0 Å². The summed E-state index contributed by atoms with van der Waals surface area (Å²) in [6.45, 7) is 4.72. The maximum absolute atomic E-state index is 14.0. The van der Waals surface area contributed by atoms with Crippen LogP contribution in [0.3, 0.4) is 0 Å². The van der Waals surface area contributed by atoms with E-state index in [0.29, 0.717) is 24.2 Å². The molecule has 4 aromatic rings. The molecule has 2 atom stereocenters. The molecule has 38 heavy (non-hydrogen) atoms. The van der Waals surface area contributed by atoms with Crippen LogP contribution >= 0.6 is 0 Å². The van der Waals surface area contributed by atoms with Gasteiger partial charge in [0.1, 0.15) is 12.1 Å². The van der Waals surface area contributed by atoms with Crippen molar-refractivity contribution < 1.29 is 14.4 Å². The second kappa shape index (κ2) is 9.49. The van der Waals surface area contributed by atoms with E-state index in [2.05, 4.69) is 23.3 Å². The highest BCUT2D eigenvalue weighted by Gasteiger charge is 2.53. The van der Waals surface area contributed by atoms with Crippen molar-refractivity contribution in [3.63, 3.8) is 0 Å². The number of nitrogens with zero attached hydrogens (tertiary/aromatic N) is 2. The molecule has 3 heterocycles. The maximum Gasteiger partial charge on any atom is 0.332 e. The second-order valence-electron chi connectivity index (χ2n) is 10.1. The molecule has 0 bridgehead atoms. The molecule has 1 saturated heterocycles. The number of nitrogens with one attached hydrogen (secondary N) is 2. The minimum absolute atomic E-state index is 0.161. The number of aromatic nitrogens is 1. The van der Waals surface area contributed by atoms with Gasteiger partial charge in [-0.15, -0.1) is 0 Å². The van der Waals surface area contributed by atoms with Crippen molar-refractivity contribution >= 4 is 34.4 Å². The van der Waals surface area contributed by atoms with Gasteiger partial charge in [-0.05, 0) is 54.8 Å². The number of H-pyrrole nitrogens is 1.